The van der Waals surface area contributed by atoms with Gasteiger partial charge in [-0.2, -0.15) is 0 Å². The van der Waals surface area contributed by atoms with Crippen LogP contribution in [0.1, 0.15) is 31.4 Å². The lowest BCUT2D eigenvalue weighted by molar-refractivity contribution is 0.103. The van der Waals surface area contributed by atoms with E-state index in [1.54, 1.807) is 0 Å². The SMILES string of the molecule is CCc1ccc(C(C)NCC(O)COc2ccc(F)cc2)o1. The third kappa shape index (κ3) is 4.86. The highest BCUT2D eigenvalue weighted by Gasteiger charge is 2.12. The van der Waals surface area contributed by atoms with Crippen molar-refractivity contribution in [3.05, 3.63) is 53.7 Å². The van der Waals surface area contributed by atoms with Gasteiger partial charge >= 0.3 is 0 Å². The fourth-order valence-electron chi connectivity index (χ4n) is 2.01. The van der Waals surface area contributed by atoms with Crippen molar-refractivity contribution in [2.45, 2.75) is 32.4 Å². The number of aryl methyl sites for hydroxylation is 1. The second-order valence-electron chi connectivity index (χ2n) is 5.21. The number of furan rings is 1. The van der Waals surface area contributed by atoms with Crippen molar-refractivity contribution < 1.29 is 18.7 Å². The molecule has 22 heavy (non-hydrogen) atoms. The number of hydrogen-bond acceptors (Lipinski definition) is 4. The minimum absolute atomic E-state index is 0.0146. The van der Waals surface area contributed by atoms with Crippen LogP contribution in [0.2, 0.25) is 0 Å². The lowest BCUT2D eigenvalue weighted by atomic mass is 10.2. The highest BCUT2D eigenvalue weighted by atomic mass is 19.1. The normalized spacial score (nSPS) is 13.8. The molecule has 2 unspecified atom stereocenters. The average molecular weight is 307 g/mol. The Morgan fingerprint density at radius 3 is 2.59 bits per heavy atom. The van der Waals surface area contributed by atoms with Crippen LogP contribution in [0, 0.1) is 5.82 Å². The maximum atomic E-state index is 12.8. The van der Waals surface area contributed by atoms with Crippen molar-refractivity contribution >= 4 is 0 Å². The van der Waals surface area contributed by atoms with Crippen LogP contribution < -0.4 is 10.1 Å². The van der Waals surface area contributed by atoms with Crippen molar-refractivity contribution in [1.29, 1.82) is 0 Å². The first-order valence-electron chi connectivity index (χ1n) is 7.47. The van der Waals surface area contributed by atoms with Gasteiger partial charge in [0.15, 0.2) is 0 Å². The van der Waals surface area contributed by atoms with Crippen molar-refractivity contribution in [1.82, 2.24) is 5.32 Å². The van der Waals surface area contributed by atoms with Gasteiger partial charge in [-0.3, -0.25) is 0 Å². The van der Waals surface area contributed by atoms with Crippen LogP contribution in [0.25, 0.3) is 0 Å². The van der Waals surface area contributed by atoms with Crippen LogP contribution >= 0.6 is 0 Å². The molecule has 4 nitrogen and oxygen atoms in total. The molecule has 2 N–H and O–H groups in total. The number of aliphatic hydroxyl groups excluding tert-OH is 1. The summed E-state index contributed by atoms with van der Waals surface area (Å²) < 4.78 is 23.8. The quantitative estimate of drug-likeness (QED) is 0.787. The molecule has 0 fully saturated rings. The van der Waals surface area contributed by atoms with Gasteiger partial charge in [0.25, 0.3) is 0 Å². The van der Waals surface area contributed by atoms with E-state index in [4.69, 9.17) is 9.15 Å². The molecule has 120 valence electrons. The largest absolute Gasteiger partial charge is 0.491 e. The lowest BCUT2D eigenvalue weighted by Crippen LogP contribution is -2.32. The van der Waals surface area contributed by atoms with E-state index >= 15 is 0 Å². The highest BCUT2D eigenvalue weighted by molar-refractivity contribution is 5.22. The predicted octanol–water partition coefficient (Wildman–Crippen LogP) is 3.07. The Morgan fingerprint density at radius 2 is 1.95 bits per heavy atom. The van der Waals surface area contributed by atoms with Crippen LogP contribution in [0.3, 0.4) is 0 Å². The van der Waals surface area contributed by atoms with Gasteiger partial charge in [0, 0.05) is 13.0 Å². The molecule has 1 aromatic heterocycles. The molecule has 2 atom stereocenters. The molecular weight excluding hydrogens is 285 g/mol. The molecule has 0 spiro atoms. The summed E-state index contributed by atoms with van der Waals surface area (Å²) in [6, 6.07) is 9.63. The maximum absolute atomic E-state index is 12.8. The van der Waals surface area contributed by atoms with Crippen LogP contribution in [-0.2, 0) is 6.42 Å². The summed E-state index contributed by atoms with van der Waals surface area (Å²) in [4.78, 5) is 0. The number of ether oxygens (including phenoxy) is 1. The zero-order chi connectivity index (χ0) is 15.9. The Hall–Kier alpha value is -1.85. The molecule has 5 heteroatoms. The molecule has 1 heterocycles. The molecule has 0 aliphatic heterocycles. The number of aliphatic hydroxyl groups is 1. The number of rotatable bonds is 8. The molecule has 0 radical (unpaired) electrons. The summed E-state index contributed by atoms with van der Waals surface area (Å²) >= 11 is 0. The van der Waals surface area contributed by atoms with Crippen molar-refractivity contribution in [2.75, 3.05) is 13.2 Å². The highest BCUT2D eigenvalue weighted by Crippen LogP contribution is 2.16. The van der Waals surface area contributed by atoms with Gasteiger partial charge in [-0.25, -0.2) is 4.39 Å². The molecule has 0 aliphatic rings. The second-order valence-corrected chi connectivity index (χ2v) is 5.21. The zero-order valence-corrected chi connectivity index (χ0v) is 12.9. The zero-order valence-electron chi connectivity index (χ0n) is 12.9. The van der Waals surface area contributed by atoms with Gasteiger partial charge in [-0.05, 0) is 43.3 Å². The standard InChI is InChI=1S/C17H22FNO3/c1-3-15-8-9-17(22-15)12(2)19-10-14(20)11-21-16-6-4-13(18)5-7-16/h4-9,12,14,19-20H,3,10-11H2,1-2H3. The van der Waals surface area contributed by atoms with Gasteiger partial charge < -0.3 is 19.6 Å². The van der Waals surface area contributed by atoms with E-state index < -0.39 is 6.10 Å². The predicted molar refractivity (Wildman–Crippen MR) is 82.4 cm³/mol. The van der Waals surface area contributed by atoms with Crippen molar-refractivity contribution in [2.24, 2.45) is 0 Å². The summed E-state index contributed by atoms with van der Waals surface area (Å²) in [5, 5.41) is 13.1. The fraction of sp³-hybridized carbons (Fsp3) is 0.412. The molecule has 2 rings (SSSR count). The van der Waals surface area contributed by atoms with Gasteiger partial charge in [0.05, 0.1) is 6.04 Å². The third-order valence-electron chi connectivity index (χ3n) is 3.37. The summed E-state index contributed by atoms with van der Waals surface area (Å²) in [5.41, 5.74) is 0. The van der Waals surface area contributed by atoms with E-state index in [9.17, 15) is 9.50 Å². The summed E-state index contributed by atoms with van der Waals surface area (Å²) in [6.07, 6.45) is 0.203. The molecule has 0 aliphatic carbocycles. The minimum Gasteiger partial charge on any atom is -0.491 e. The Balaban J connectivity index is 1.72. The van der Waals surface area contributed by atoms with E-state index in [1.807, 2.05) is 26.0 Å². The van der Waals surface area contributed by atoms with E-state index in [1.165, 1.54) is 24.3 Å². The topological polar surface area (TPSA) is 54.6 Å². The van der Waals surface area contributed by atoms with Crippen molar-refractivity contribution in [3.63, 3.8) is 0 Å². The van der Waals surface area contributed by atoms with Gasteiger partial charge in [-0.1, -0.05) is 6.92 Å². The molecular formula is C17H22FNO3. The van der Waals surface area contributed by atoms with E-state index in [0.717, 1.165) is 17.9 Å². The van der Waals surface area contributed by atoms with Gasteiger partial charge in [0.1, 0.15) is 35.8 Å². The Kier molecular flexibility index (Phi) is 5.98. The molecule has 0 amide bonds. The molecule has 1 aromatic carbocycles. The summed E-state index contributed by atoms with van der Waals surface area (Å²) in [5.74, 6) is 2.02. The third-order valence-corrected chi connectivity index (χ3v) is 3.37. The first kappa shape index (κ1) is 16.5. The Morgan fingerprint density at radius 1 is 1.23 bits per heavy atom. The van der Waals surface area contributed by atoms with Crippen LogP contribution in [0.15, 0.2) is 40.8 Å². The summed E-state index contributed by atoms with van der Waals surface area (Å²) in [6.45, 7) is 4.54. The van der Waals surface area contributed by atoms with Crippen LogP contribution in [0.4, 0.5) is 4.39 Å². The minimum atomic E-state index is -0.659. The fourth-order valence-corrected chi connectivity index (χ4v) is 2.01. The molecule has 2 aromatic rings. The van der Waals surface area contributed by atoms with Gasteiger partial charge in [0.2, 0.25) is 0 Å². The lowest BCUT2D eigenvalue weighted by Gasteiger charge is -2.16. The summed E-state index contributed by atoms with van der Waals surface area (Å²) in [7, 11) is 0. The first-order valence-corrected chi connectivity index (χ1v) is 7.47. The number of benzene rings is 1. The molecule has 0 bridgehead atoms. The van der Waals surface area contributed by atoms with E-state index in [0.29, 0.717) is 12.3 Å². The van der Waals surface area contributed by atoms with Gasteiger partial charge in [-0.15, -0.1) is 0 Å². The number of halogens is 1. The van der Waals surface area contributed by atoms with Crippen LogP contribution in [0.5, 0.6) is 5.75 Å². The Bertz CT molecular complexity index is 568. The molecule has 0 saturated carbocycles. The molecule has 0 saturated heterocycles. The monoisotopic (exact) mass is 307 g/mol. The van der Waals surface area contributed by atoms with Crippen molar-refractivity contribution in [3.8, 4) is 5.75 Å². The first-order chi connectivity index (χ1) is 10.6. The number of hydrogen-bond donors (Lipinski definition) is 2. The van der Waals surface area contributed by atoms with Crippen LogP contribution in [-0.4, -0.2) is 24.4 Å². The smallest absolute Gasteiger partial charge is 0.123 e. The average Bonchev–Trinajstić information content (AvgIpc) is 3.01. The number of nitrogens with one attached hydrogen (secondary N) is 1. The maximum Gasteiger partial charge on any atom is 0.123 e. The Labute approximate surface area is 129 Å². The second kappa shape index (κ2) is 7.96. The van der Waals surface area contributed by atoms with E-state index in [2.05, 4.69) is 5.32 Å². The van der Waals surface area contributed by atoms with E-state index in [-0.39, 0.29) is 18.5 Å².